The minimum Gasteiger partial charge on any atom is -0.465 e. The van der Waals surface area contributed by atoms with Crippen LogP contribution >= 0.6 is 0 Å². The van der Waals surface area contributed by atoms with Crippen LogP contribution in [-0.2, 0) is 9.53 Å². The molecule has 10 atom stereocenters. The molecule has 0 radical (unpaired) electrons. The van der Waals surface area contributed by atoms with Crippen molar-refractivity contribution in [3.63, 3.8) is 0 Å². The first-order valence-corrected chi connectivity index (χ1v) is 15.4. The molecule has 0 aromatic heterocycles. The highest BCUT2D eigenvalue weighted by Crippen LogP contribution is 2.68. The molecule has 2 heteroatoms. The predicted molar refractivity (Wildman–Crippen MR) is 142 cm³/mol. The number of fused-ring (bicyclic) bond motifs is 5. The molecule has 0 amide bonds. The maximum absolute atomic E-state index is 11.8. The number of carbonyl (C=O) groups excluding carboxylic acids is 1. The standard InChI is InChI=1S/C32H56O2/c1-7-10-30(33)34-21-24(4)22(2)12-13-23(3)27-16-17-28-26-15-14-25-11-8-9-19-31(25,5)29(26)18-20-32(27,28)6/h22-29H,7-21H2,1-6H3/t22-,23+,24?,25?,26-,27+,28-,29-,31-,32+/m0/s1. The molecular weight excluding hydrogens is 416 g/mol. The van der Waals surface area contributed by atoms with Crippen molar-refractivity contribution in [1.29, 1.82) is 0 Å². The van der Waals surface area contributed by atoms with Crippen molar-refractivity contribution < 1.29 is 9.53 Å². The zero-order chi connectivity index (χ0) is 24.5. The van der Waals surface area contributed by atoms with Gasteiger partial charge in [0.1, 0.15) is 0 Å². The molecule has 0 aliphatic heterocycles. The third-order valence-electron chi connectivity index (χ3n) is 12.4. The summed E-state index contributed by atoms with van der Waals surface area (Å²) in [5, 5.41) is 0. The van der Waals surface area contributed by atoms with E-state index in [4.69, 9.17) is 4.74 Å². The van der Waals surface area contributed by atoms with Gasteiger partial charge in [-0.2, -0.15) is 0 Å². The van der Waals surface area contributed by atoms with Gasteiger partial charge in [0, 0.05) is 6.42 Å². The number of ether oxygens (including phenoxy) is 1. The highest BCUT2D eigenvalue weighted by atomic mass is 16.5. The Labute approximate surface area is 211 Å². The summed E-state index contributed by atoms with van der Waals surface area (Å²) in [6.45, 7) is 15.3. The van der Waals surface area contributed by atoms with Crippen molar-refractivity contribution in [2.45, 2.75) is 131 Å². The van der Waals surface area contributed by atoms with Crippen LogP contribution in [-0.4, -0.2) is 12.6 Å². The Hall–Kier alpha value is -0.530. The van der Waals surface area contributed by atoms with Crippen LogP contribution in [0.1, 0.15) is 131 Å². The Morgan fingerprint density at radius 3 is 2.38 bits per heavy atom. The quantitative estimate of drug-likeness (QED) is 0.313. The van der Waals surface area contributed by atoms with Crippen LogP contribution in [0.3, 0.4) is 0 Å². The zero-order valence-electron chi connectivity index (χ0n) is 23.5. The van der Waals surface area contributed by atoms with Crippen molar-refractivity contribution in [2.24, 2.45) is 58.2 Å². The van der Waals surface area contributed by atoms with Gasteiger partial charge in [-0.15, -0.1) is 0 Å². The van der Waals surface area contributed by atoms with Crippen LogP contribution in [0.5, 0.6) is 0 Å². The number of carbonyl (C=O) groups is 1. The molecule has 0 bridgehead atoms. The number of esters is 1. The monoisotopic (exact) mass is 472 g/mol. The van der Waals surface area contributed by atoms with Crippen molar-refractivity contribution in [3.05, 3.63) is 0 Å². The topological polar surface area (TPSA) is 26.3 Å². The van der Waals surface area contributed by atoms with E-state index in [1.165, 1.54) is 77.0 Å². The van der Waals surface area contributed by atoms with Gasteiger partial charge in [-0.05, 0) is 116 Å². The molecule has 4 aliphatic carbocycles. The van der Waals surface area contributed by atoms with E-state index in [2.05, 4.69) is 34.6 Å². The van der Waals surface area contributed by atoms with E-state index in [9.17, 15) is 4.79 Å². The van der Waals surface area contributed by atoms with Crippen molar-refractivity contribution in [3.8, 4) is 0 Å². The average molecular weight is 473 g/mol. The van der Waals surface area contributed by atoms with Crippen molar-refractivity contribution in [2.75, 3.05) is 6.61 Å². The van der Waals surface area contributed by atoms with Crippen LogP contribution in [0, 0.1) is 58.2 Å². The zero-order valence-corrected chi connectivity index (χ0v) is 23.5. The molecule has 4 rings (SSSR count). The number of rotatable bonds is 9. The summed E-state index contributed by atoms with van der Waals surface area (Å²) in [6.07, 6.45) is 19.2. The van der Waals surface area contributed by atoms with Crippen LogP contribution < -0.4 is 0 Å². The summed E-state index contributed by atoms with van der Waals surface area (Å²) in [4.78, 5) is 11.8. The average Bonchev–Trinajstić information content (AvgIpc) is 3.17. The molecule has 0 spiro atoms. The Bertz CT molecular complexity index is 686. The van der Waals surface area contributed by atoms with E-state index in [0.29, 0.717) is 35.7 Å². The summed E-state index contributed by atoms with van der Waals surface area (Å²) >= 11 is 0. The summed E-state index contributed by atoms with van der Waals surface area (Å²) in [5.74, 6) is 6.88. The first-order chi connectivity index (χ1) is 16.2. The molecule has 0 aromatic carbocycles. The lowest BCUT2D eigenvalue weighted by molar-refractivity contribution is -0.145. The molecule has 0 N–H and O–H groups in total. The van der Waals surface area contributed by atoms with E-state index in [1.807, 2.05) is 6.92 Å². The summed E-state index contributed by atoms with van der Waals surface area (Å²) in [6, 6.07) is 0. The molecule has 34 heavy (non-hydrogen) atoms. The lowest BCUT2D eigenvalue weighted by atomic mass is 9.44. The fourth-order valence-electron chi connectivity index (χ4n) is 9.95. The number of hydrogen-bond acceptors (Lipinski definition) is 2. The maximum atomic E-state index is 11.8. The molecule has 2 nitrogen and oxygen atoms in total. The second-order valence-electron chi connectivity index (χ2n) is 14.1. The SMILES string of the molecule is CCCC(=O)OCC(C)[C@@H](C)CC[C@@H](C)[C@H]1CC[C@H]2[C@@H]3CCC4CCCC[C@]4(C)[C@H]3CC[C@]12C. The predicted octanol–water partition coefficient (Wildman–Crippen LogP) is 9.07. The van der Waals surface area contributed by atoms with Gasteiger partial charge < -0.3 is 4.74 Å². The highest BCUT2D eigenvalue weighted by Gasteiger charge is 2.60. The van der Waals surface area contributed by atoms with Gasteiger partial charge in [-0.1, -0.05) is 67.2 Å². The third kappa shape index (κ3) is 5.00. The Morgan fingerprint density at radius 2 is 1.62 bits per heavy atom. The molecule has 0 aromatic rings. The van der Waals surface area contributed by atoms with Gasteiger partial charge in [0.15, 0.2) is 0 Å². The first-order valence-electron chi connectivity index (χ1n) is 15.4. The molecule has 4 aliphatic rings. The van der Waals surface area contributed by atoms with E-state index >= 15 is 0 Å². The number of hydrogen-bond donors (Lipinski definition) is 0. The van der Waals surface area contributed by atoms with Gasteiger partial charge in [0.05, 0.1) is 6.61 Å². The second-order valence-corrected chi connectivity index (χ2v) is 14.1. The lowest BCUT2D eigenvalue weighted by Crippen LogP contribution is -2.53. The molecule has 4 saturated carbocycles. The van der Waals surface area contributed by atoms with Crippen LogP contribution in [0.15, 0.2) is 0 Å². The second kappa shape index (κ2) is 10.8. The molecule has 196 valence electrons. The molecular formula is C32H56O2. The summed E-state index contributed by atoms with van der Waals surface area (Å²) in [7, 11) is 0. The maximum Gasteiger partial charge on any atom is 0.305 e. The Balaban J connectivity index is 1.32. The first kappa shape index (κ1) is 26.5. The lowest BCUT2D eigenvalue weighted by Gasteiger charge is -2.61. The van der Waals surface area contributed by atoms with Crippen molar-refractivity contribution >= 4 is 5.97 Å². The van der Waals surface area contributed by atoms with Gasteiger partial charge in [-0.3, -0.25) is 4.79 Å². The normalized spacial score (nSPS) is 42.1. The largest absolute Gasteiger partial charge is 0.465 e. The Morgan fingerprint density at radius 1 is 0.853 bits per heavy atom. The molecule has 4 fully saturated rings. The molecule has 0 heterocycles. The molecule has 0 saturated heterocycles. The van der Waals surface area contributed by atoms with E-state index in [1.54, 1.807) is 0 Å². The van der Waals surface area contributed by atoms with Gasteiger partial charge >= 0.3 is 5.97 Å². The highest BCUT2D eigenvalue weighted by molar-refractivity contribution is 5.69. The fourth-order valence-corrected chi connectivity index (χ4v) is 9.95. The van der Waals surface area contributed by atoms with Crippen molar-refractivity contribution in [1.82, 2.24) is 0 Å². The van der Waals surface area contributed by atoms with Gasteiger partial charge in [0.2, 0.25) is 0 Å². The Kier molecular flexibility index (Phi) is 8.46. The van der Waals surface area contributed by atoms with E-state index in [-0.39, 0.29) is 5.97 Å². The minimum absolute atomic E-state index is 0.0217. The van der Waals surface area contributed by atoms with Gasteiger partial charge in [-0.25, -0.2) is 0 Å². The summed E-state index contributed by atoms with van der Waals surface area (Å²) < 4.78 is 5.52. The third-order valence-corrected chi connectivity index (χ3v) is 12.4. The van der Waals surface area contributed by atoms with E-state index < -0.39 is 0 Å². The minimum atomic E-state index is -0.0217. The summed E-state index contributed by atoms with van der Waals surface area (Å²) in [5.41, 5.74) is 1.25. The van der Waals surface area contributed by atoms with Gasteiger partial charge in [0.25, 0.3) is 0 Å². The smallest absolute Gasteiger partial charge is 0.305 e. The van der Waals surface area contributed by atoms with Crippen LogP contribution in [0.4, 0.5) is 0 Å². The molecule has 2 unspecified atom stereocenters. The fraction of sp³-hybridized carbons (Fsp3) is 0.969. The van der Waals surface area contributed by atoms with Crippen LogP contribution in [0.25, 0.3) is 0 Å². The van der Waals surface area contributed by atoms with E-state index in [0.717, 1.165) is 41.9 Å². The van der Waals surface area contributed by atoms with Crippen LogP contribution in [0.2, 0.25) is 0 Å².